The highest BCUT2D eigenvalue weighted by Gasteiger charge is 2.20. The van der Waals surface area contributed by atoms with Crippen LogP contribution in [0.5, 0.6) is 5.75 Å². The van der Waals surface area contributed by atoms with Gasteiger partial charge in [0.15, 0.2) is 0 Å². The van der Waals surface area contributed by atoms with E-state index in [1.165, 1.54) is 34.4 Å². The molecular weight excluding hydrogens is 455 g/mol. The lowest BCUT2D eigenvalue weighted by Gasteiger charge is -2.26. The zero-order chi connectivity index (χ0) is 24.2. The van der Waals surface area contributed by atoms with Crippen LogP contribution in [0.1, 0.15) is 11.6 Å². The summed E-state index contributed by atoms with van der Waals surface area (Å²) in [5.41, 5.74) is 2.04. The average molecular weight is 481 g/mol. The smallest absolute Gasteiger partial charge is 0.263 e. The summed E-state index contributed by atoms with van der Waals surface area (Å²) in [6, 6.07) is 13.5. The van der Waals surface area contributed by atoms with Crippen molar-refractivity contribution in [3.8, 4) is 16.9 Å². The van der Waals surface area contributed by atoms with E-state index in [1.807, 2.05) is 48.6 Å². The van der Waals surface area contributed by atoms with Gasteiger partial charge in [0.1, 0.15) is 22.9 Å². The molecule has 1 amide bonds. The molecule has 4 rings (SSSR count). The van der Waals surface area contributed by atoms with Crippen molar-refractivity contribution in [2.75, 3.05) is 27.7 Å². The second-order valence-electron chi connectivity index (χ2n) is 8.04. The molecule has 2 aromatic heterocycles. The summed E-state index contributed by atoms with van der Waals surface area (Å²) in [7, 11) is 5.47. The second-order valence-corrected chi connectivity index (χ2v) is 8.90. The van der Waals surface area contributed by atoms with E-state index >= 15 is 0 Å². The number of rotatable bonds is 8. The first kappa shape index (κ1) is 23.6. The number of ether oxygens (including phenoxy) is 1. The first-order valence-corrected chi connectivity index (χ1v) is 11.6. The highest BCUT2D eigenvalue weighted by atomic mass is 32.1. The number of aromatic nitrogens is 2. The van der Waals surface area contributed by atoms with Crippen molar-refractivity contribution in [1.82, 2.24) is 19.8 Å². The molecule has 1 N–H and O–H groups in total. The zero-order valence-electron chi connectivity index (χ0n) is 19.1. The normalized spacial score (nSPS) is 12.1. The van der Waals surface area contributed by atoms with E-state index in [2.05, 4.69) is 10.3 Å². The van der Waals surface area contributed by atoms with Crippen LogP contribution in [-0.2, 0) is 11.3 Å². The fourth-order valence-electron chi connectivity index (χ4n) is 3.86. The fourth-order valence-corrected chi connectivity index (χ4v) is 4.76. The molecule has 0 aliphatic carbocycles. The van der Waals surface area contributed by atoms with E-state index < -0.39 is 0 Å². The molecule has 0 spiro atoms. The van der Waals surface area contributed by atoms with Gasteiger partial charge in [-0.05, 0) is 37.9 Å². The molecule has 2 heterocycles. The molecule has 0 saturated heterocycles. The molecular formula is C25H25FN4O3S. The highest BCUT2D eigenvalue weighted by Crippen LogP contribution is 2.31. The van der Waals surface area contributed by atoms with Crippen molar-refractivity contribution in [2.45, 2.75) is 12.6 Å². The molecule has 0 bridgehead atoms. The Hall–Kier alpha value is -3.56. The van der Waals surface area contributed by atoms with Crippen LogP contribution in [0.4, 0.5) is 4.39 Å². The Morgan fingerprint density at radius 3 is 2.65 bits per heavy atom. The van der Waals surface area contributed by atoms with Crippen LogP contribution in [-0.4, -0.2) is 48.1 Å². The molecule has 34 heavy (non-hydrogen) atoms. The zero-order valence-corrected chi connectivity index (χ0v) is 19.9. The Balaban J connectivity index is 1.54. The number of nitrogens with zero attached hydrogens (tertiary/aromatic N) is 3. The predicted molar refractivity (Wildman–Crippen MR) is 132 cm³/mol. The van der Waals surface area contributed by atoms with Crippen LogP contribution in [0.3, 0.4) is 0 Å². The summed E-state index contributed by atoms with van der Waals surface area (Å²) in [4.78, 5) is 32.9. The summed E-state index contributed by atoms with van der Waals surface area (Å²) in [5.74, 6) is 0.0929. The van der Waals surface area contributed by atoms with Crippen LogP contribution < -0.4 is 15.6 Å². The van der Waals surface area contributed by atoms with E-state index in [1.54, 1.807) is 19.2 Å². The van der Waals surface area contributed by atoms with Crippen molar-refractivity contribution in [2.24, 2.45) is 0 Å². The summed E-state index contributed by atoms with van der Waals surface area (Å²) in [6.07, 6.45) is 1.39. The minimum atomic E-state index is -0.348. The van der Waals surface area contributed by atoms with Gasteiger partial charge in [0, 0.05) is 23.1 Å². The molecule has 0 radical (unpaired) electrons. The molecule has 0 aliphatic rings. The van der Waals surface area contributed by atoms with Gasteiger partial charge < -0.3 is 15.0 Å². The number of carbonyl (C=O) groups excluding carboxylic acids is 1. The summed E-state index contributed by atoms with van der Waals surface area (Å²) in [6.45, 7) is 0.183. The minimum absolute atomic E-state index is 0.112. The van der Waals surface area contributed by atoms with Crippen molar-refractivity contribution < 1.29 is 13.9 Å². The summed E-state index contributed by atoms with van der Waals surface area (Å²) in [5, 5.41) is 5.17. The first-order valence-electron chi connectivity index (χ1n) is 10.7. The molecule has 1 unspecified atom stereocenters. The van der Waals surface area contributed by atoms with E-state index in [9.17, 15) is 14.0 Å². The number of fused-ring (bicyclic) bond motifs is 1. The third kappa shape index (κ3) is 4.85. The molecule has 176 valence electrons. The largest absolute Gasteiger partial charge is 0.496 e. The quantitative estimate of drug-likeness (QED) is 0.416. The number of hydrogen-bond donors (Lipinski definition) is 1. The maximum atomic E-state index is 13.3. The van der Waals surface area contributed by atoms with Crippen molar-refractivity contribution in [3.05, 3.63) is 82.0 Å². The molecule has 9 heteroatoms. The number of methoxy groups -OCH3 is 1. The molecule has 4 aromatic rings. The first-order chi connectivity index (χ1) is 16.4. The van der Waals surface area contributed by atoms with Gasteiger partial charge in [-0.15, -0.1) is 11.3 Å². The Kier molecular flexibility index (Phi) is 7.04. The second kappa shape index (κ2) is 10.1. The number of para-hydroxylation sites is 1. The highest BCUT2D eigenvalue weighted by molar-refractivity contribution is 7.17. The lowest BCUT2D eigenvalue weighted by atomic mass is 10.0. The molecule has 0 fully saturated rings. The SMILES string of the molecule is COc1ccccc1C(CNC(=O)Cn1cnc2scc(-c3ccc(F)cc3)c2c1=O)N(C)C. The number of thiophene rings is 1. The fraction of sp³-hybridized carbons (Fsp3) is 0.240. The van der Waals surface area contributed by atoms with Gasteiger partial charge in [-0.2, -0.15) is 0 Å². The van der Waals surface area contributed by atoms with Gasteiger partial charge >= 0.3 is 0 Å². The van der Waals surface area contributed by atoms with Crippen LogP contribution in [0, 0.1) is 5.82 Å². The summed E-state index contributed by atoms with van der Waals surface area (Å²) >= 11 is 1.34. The Morgan fingerprint density at radius 2 is 1.94 bits per heavy atom. The van der Waals surface area contributed by atoms with Gasteiger partial charge in [-0.3, -0.25) is 14.2 Å². The third-order valence-corrected chi connectivity index (χ3v) is 6.53. The van der Waals surface area contributed by atoms with Crippen LogP contribution in [0.2, 0.25) is 0 Å². The topological polar surface area (TPSA) is 76.5 Å². The number of benzene rings is 2. The van der Waals surface area contributed by atoms with Crippen LogP contribution in [0.25, 0.3) is 21.3 Å². The molecule has 0 aliphatic heterocycles. The molecule has 0 saturated carbocycles. The van der Waals surface area contributed by atoms with Crippen molar-refractivity contribution in [3.63, 3.8) is 0 Å². The molecule has 1 atom stereocenters. The van der Waals surface area contributed by atoms with Gasteiger partial charge in [0.05, 0.1) is 24.9 Å². The average Bonchev–Trinajstić information content (AvgIpc) is 3.26. The number of nitrogens with one attached hydrogen (secondary N) is 1. The molecule has 2 aromatic carbocycles. The summed E-state index contributed by atoms with van der Waals surface area (Å²) < 4.78 is 20.1. The van der Waals surface area contributed by atoms with Crippen LogP contribution in [0.15, 0.2) is 65.0 Å². The minimum Gasteiger partial charge on any atom is -0.496 e. The number of carbonyl (C=O) groups is 1. The van der Waals surface area contributed by atoms with E-state index in [0.717, 1.165) is 16.9 Å². The molecule has 7 nitrogen and oxygen atoms in total. The number of amides is 1. The van der Waals surface area contributed by atoms with Gasteiger partial charge in [0.2, 0.25) is 5.91 Å². The van der Waals surface area contributed by atoms with Gasteiger partial charge in [-0.25, -0.2) is 9.37 Å². The number of halogens is 1. The lowest BCUT2D eigenvalue weighted by molar-refractivity contribution is -0.121. The maximum Gasteiger partial charge on any atom is 0.263 e. The Morgan fingerprint density at radius 1 is 1.21 bits per heavy atom. The van der Waals surface area contributed by atoms with Crippen LogP contribution >= 0.6 is 11.3 Å². The van der Waals surface area contributed by atoms with Crippen molar-refractivity contribution in [1.29, 1.82) is 0 Å². The van der Waals surface area contributed by atoms with E-state index in [4.69, 9.17) is 4.74 Å². The van der Waals surface area contributed by atoms with Gasteiger partial charge in [-0.1, -0.05) is 30.3 Å². The van der Waals surface area contributed by atoms with Crippen molar-refractivity contribution >= 4 is 27.5 Å². The Bertz CT molecular complexity index is 1360. The van der Waals surface area contributed by atoms with E-state index in [0.29, 0.717) is 22.3 Å². The predicted octanol–water partition coefficient (Wildman–Crippen LogP) is 3.69. The van der Waals surface area contributed by atoms with E-state index in [-0.39, 0.29) is 29.9 Å². The number of likely N-dealkylation sites (N-methyl/N-ethyl adjacent to an activating group) is 1. The Labute approximate surface area is 200 Å². The third-order valence-electron chi connectivity index (χ3n) is 5.64. The van der Waals surface area contributed by atoms with Gasteiger partial charge in [0.25, 0.3) is 5.56 Å². The maximum absolute atomic E-state index is 13.3. The lowest BCUT2D eigenvalue weighted by Crippen LogP contribution is -2.38. The monoisotopic (exact) mass is 480 g/mol. The number of hydrogen-bond acceptors (Lipinski definition) is 6. The standard InChI is InChI=1S/C25H25FN4O3S/c1-29(2)20(18-6-4-5-7-21(18)33-3)12-27-22(31)13-30-15-28-24-23(25(30)32)19(14-34-24)16-8-10-17(26)11-9-16/h4-11,14-15,20H,12-13H2,1-3H3,(H,27,31).